The summed E-state index contributed by atoms with van der Waals surface area (Å²) in [6.45, 7) is 1.80. The molecule has 0 spiro atoms. The summed E-state index contributed by atoms with van der Waals surface area (Å²) in [7, 11) is 2.64. The van der Waals surface area contributed by atoms with E-state index in [1.165, 1.54) is 21.3 Å². The van der Waals surface area contributed by atoms with Gasteiger partial charge in [-0.05, 0) is 49.2 Å². The molecule has 1 unspecified atom stereocenters. The van der Waals surface area contributed by atoms with Crippen LogP contribution in [0.2, 0.25) is 0 Å². The number of benzene rings is 2. The van der Waals surface area contributed by atoms with Gasteiger partial charge in [0.05, 0.1) is 30.1 Å². The number of rotatable bonds is 7. The lowest BCUT2D eigenvalue weighted by Gasteiger charge is -2.16. The smallest absolute Gasteiger partial charge is 0.328 e. The molecule has 0 fully saturated rings. The molecule has 2 aromatic carbocycles. The van der Waals surface area contributed by atoms with E-state index < -0.39 is 10.0 Å². The zero-order chi connectivity index (χ0) is 21.3. The summed E-state index contributed by atoms with van der Waals surface area (Å²) in [5.41, 5.74) is 1.95. The zero-order valence-electron chi connectivity index (χ0n) is 17.1. The van der Waals surface area contributed by atoms with Gasteiger partial charge in [0.1, 0.15) is 0 Å². The average molecular weight is 420 g/mol. The van der Waals surface area contributed by atoms with Crippen molar-refractivity contribution in [3.8, 4) is 11.5 Å². The van der Waals surface area contributed by atoms with Gasteiger partial charge in [0.15, 0.2) is 11.5 Å². The Balaban J connectivity index is 1.83. The van der Waals surface area contributed by atoms with Crippen LogP contribution in [0.1, 0.15) is 12.5 Å². The van der Waals surface area contributed by atoms with E-state index in [0.29, 0.717) is 29.0 Å². The summed E-state index contributed by atoms with van der Waals surface area (Å²) in [6, 6.07) is 9.81. The highest BCUT2D eigenvalue weighted by Gasteiger charge is 2.20. The van der Waals surface area contributed by atoms with E-state index in [1.807, 2.05) is 12.1 Å². The number of methoxy groups -OCH3 is 2. The average Bonchev–Trinajstić information content (AvgIpc) is 2.91. The standard InChI is InChI=1S/C20H25N3O5S/c1-13(10-14-6-9-18(27-4)19(11-14)28-5)21-29(25,26)15-7-8-16-17(12-15)23(3)20(24)22(16)2/h6-9,11-13,21H,10H2,1-5H3. The Labute approximate surface area is 169 Å². The minimum absolute atomic E-state index is 0.116. The van der Waals surface area contributed by atoms with Crippen molar-refractivity contribution in [2.45, 2.75) is 24.3 Å². The number of aromatic nitrogens is 2. The van der Waals surface area contributed by atoms with Gasteiger partial charge >= 0.3 is 5.69 Å². The minimum Gasteiger partial charge on any atom is -0.493 e. The van der Waals surface area contributed by atoms with Crippen molar-refractivity contribution in [1.82, 2.24) is 13.9 Å². The maximum absolute atomic E-state index is 12.9. The monoisotopic (exact) mass is 419 g/mol. The van der Waals surface area contributed by atoms with Crippen LogP contribution in [0.3, 0.4) is 0 Å². The highest BCUT2D eigenvalue weighted by molar-refractivity contribution is 7.89. The van der Waals surface area contributed by atoms with Crippen LogP contribution in [-0.4, -0.2) is 37.8 Å². The lowest BCUT2D eigenvalue weighted by atomic mass is 10.1. The molecule has 0 saturated heterocycles. The predicted octanol–water partition coefficient (Wildman–Crippen LogP) is 1.80. The number of aryl methyl sites for hydroxylation is 2. The van der Waals surface area contributed by atoms with Crippen molar-refractivity contribution in [3.63, 3.8) is 0 Å². The highest BCUT2D eigenvalue weighted by atomic mass is 32.2. The summed E-state index contributed by atoms with van der Waals surface area (Å²) in [4.78, 5) is 12.2. The fourth-order valence-corrected chi connectivity index (χ4v) is 4.65. The number of ether oxygens (including phenoxy) is 2. The lowest BCUT2D eigenvalue weighted by Crippen LogP contribution is -2.34. The van der Waals surface area contributed by atoms with E-state index in [2.05, 4.69) is 4.72 Å². The molecule has 1 aromatic heterocycles. The van der Waals surface area contributed by atoms with Gasteiger partial charge in [-0.25, -0.2) is 17.9 Å². The van der Waals surface area contributed by atoms with Crippen LogP contribution in [-0.2, 0) is 30.5 Å². The summed E-state index contributed by atoms with van der Waals surface area (Å²) in [6.07, 6.45) is 0.478. The molecule has 156 valence electrons. The first-order valence-electron chi connectivity index (χ1n) is 9.06. The summed E-state index contributed by atoms with van der Waals surface area (Å²) < 4.78 is 41.8. The van der Waals surface area contributed by atoms with Crippen LogP contribution in [0.4, 0.5) is 0 Å². The maximum atomic E-state index is 12.9. The summed E-state index contributed by atoms with van der Waals surface area (Å²) in [5, 5.41) is 0. The number of fused-ring (bicyclic) bond motifs is 1. The molecule has 8 nitrogen and oxygen atoms in total. The third-order valence-corrected chi connectivity index (χ3v) is 6.49. The minimum atomic E-state index is -3.75. The molecule has 0 amide bonds. The lowest BCUT2D eigenvalue weighted by molar-refractivity contribution is 0.354. The second kappa shape index (κ2) is 7.92. The molecule has 29 heavy (non-hydrogen) atoms. The van der Waals surface area contributed by atoms with Gasteiger partial charge in [-0.3, -0.25) is 9.13 Å². The van der Waals surface area contributed by atoms with Crippen molar-refractivity contribution in [1.29, 1.82) is 0 Å². The Morgan fingerprint density at radius 2 is 1.62 bits per heavy atom. The molecule has 0 bridgehead atoms. The third-order valence-electron chi connectivity index (χ3n) is 4.90. The molecule has 0 aliphatic carbocycles. The van der Waals surface area contributed by atoms with Gasteiger partial charge in [-0.2, -0.15) is 0 Å². The Kier molecular flexibility index (Phi) is 5.72. The number of hydrogen-bond acceptors (Lipinski definition) is 5. The van der Waals surface area contributed by atoms with Crippen molar-refractivity contribution >= 4 is 21.1 Å². The molecule has 0 aliphatic rings. The van der Waals surface area contributed by atoms with Gasteiger partial charge < -0.3 is 9.47 Å². The fourth-order valence-electron chi connectivity index (χ4n) is 3.39. The maximum Gasteiger partial charge on any atom is 0.328 e. The van der Waals surface area contributed by atoms with Crippen molar-refractivity contribution < 1.29 is 17.9 Å². The van der Waals surface area contributed by atoms with Crippen LogP contribution in [0, 0.1) is 0 Å². The zero-order valence-corrected chi connectivity index (χ0v) is 17.9. The largest absolute Gasteiger partial charge is 0.493 e. The predicted molar refractivity (Wildman–Crippen MR) is 111 cm³/mol. The van der Waals surface area contributed by atoms with Gasteiger partial charge in [0.2, 0.25) is 10.0 Å². The molecular formula is C20H25N3O5S. The Morgan fingerprint density at radius 1 is 0.966 bits per heavy atom. The van der Waals surface area contributed by atoms with Gasteiger partial charge in [-0.1, -0.05) is 6.07 Å². The molecular weight excluding hydrogens is 394 g/mol. The topological polar surface area (TPSA) is 91.6 Å². The van der Waals surface area contributed by atoms with Gasteiger partial charge in [0.25, 0.3) is 0 Å². The molecule has 1 atom stereocenters. The molecule has 0 aliphatic heterocycles. The summed E-state index contributed by atoms with van der Waals surface area (Å²) in [5.74, 6) is 1.21. The van der Waals surface area contributed by atoms with Crippen molar-refractivity contribution in [2.75, 3.05) is 14.2 Å². The van der Waals surface area contributed by atoms with Crippen LogP contribution < -0.4 is 19.9 Å². The molecule has 0 radical (unpaired) electrons. The summed E-state index contributed by atoms with van der Waals surface area (Å²) >= 11 is 0. The van der Waals surface area contributed by atoms with Crippen molar-refractivity contribution in [2.24, 2.45) is 14.1 Å². The van der Waals surface area contributed by atoms with Crippen LogP contribution in [0.5, 0.6) is 11.5 Å². The Morgan fingerprint density at radius 3 is 2.28 bits per heavy atom. The first-order chi connectivity index (χ1) is 13.7. The SMILES string of the molecule is COc1ccc(CC(C)NS(=O)(=O)c2ccc3c(c2)n(C)c(=O)n3C)cc1OC. The number of nitrogens with one attached hydrogen (secondary N) is 1. The van der Waals surface area contributed by atoms with E-state index in [-0.39, 0.29) is 16.6 Å². The van der Waals surface area contributed by atoms with Gasteiger partial charge in [-0.15, -0.1) is 0 Å². The second-order valence-corrected chi connectivity index (χ2v) is 8.68. The van der Waals surface area contributed by atoms with E-state index in [4.69, 9.17) is 9.47 Å². The molecule has 1 N–H and O–H groups in total. The van der Waals surface area contributed by atoms with E-state index in [9.17, 15) is 13.2 Å². The first-order valence-corrected chi connectivity index (χ1v) is 10.5. The highest BCUT2D eigenvalue weighted by Crippen LogP contribution is 2.28. The number of hydrogen-bond donors (Lipinski definition) is 1. The fraction of sp³-hybridized carbons (Fsp3) is 0.350. The Bertz CT molecular complexity index is 1210. The van der Waals surface area contributed by atoms with Gasteiger partial charge in [0, 0.05) is 20.1 Å². The normalized spacial score (nSPS) is 12.9. The Hall–Kier alpha value is -2.78. The quantitative estimate of drug-likeness (QED) is 0.631. The van der Waals surface area contributed by atoms with E-state index >= 15 is 0 Å². The first kappa shape index (κ1) is 20.9. The number of nitrogens with zero attached hydrogens (tertiary/aromatic N) is 2. The van der Waals surface area contributed by atoms with Crippen molar-refractivity contribution in [3.05, 3.63) is 52.4 Å². The molecule has 1 heterocycles. The molecule has 9 heteroatoms. The molecule has 0 saturated carbocycles. The third kappa shape index (κ3) is 4.01. The second-order valence-electron chi connectivity index (χ2n) is 6.97. The number of sulfonamides is 1. The van der Waals surface area contributed by atoms with Crippen LogP contribution in [0.15, 0.2) is 46.1 Å². The van der Waals surface area contributed by atoms with Crippen LogP contribution >= 0.6 is 0 Å². The van der Waals surface area contributed by atoms with Crippen LogP contribution in [0.25, 0.3) is 11.0 Å². The molecule has 3 aromatic rings. The van der Waals surface area contributed by atoms with E-state index in [0.717, 1.165) is 5.56 Å². The van der Waals surface area contributed by atoms with E-state index in [1.54, 1.807) is 47.4 Å². The molecule has 3 rings (SSSR count). The number of imidazole rings is 1.